The Bertz CT molecular complexity index is 666. The highest BCUT2D eigenvalue weighted by Gasteiger charge is 2.23. The van der Waals surface area contributed by atoms with E-state index in [9.17, 15) is 4.79 Å². The first-order valence-corrected chi connectivity index (χ1v) is 8.74. The number of nitrogens with zero attached hydrogens (tertiary/aromatic N) is 4. The predicted molar refractivity (Wildman–Crippen MR) is 92.0 cm³/mol. The van der Waals surface area contributed by atoms with Crippen LogP contribution >= 0.6 is 0 Å². The zero-order chi connectivity index (χ0) is 17.5. The number of ether oxygens (including phenoxy) is 1. The fraction of sp³-hybridized carbons (Fsp3) is 0.500. The van der Waals surface area contributed by atoms with Crippen LogP contribution in [-0.4, -0.2) is 58.8 Å². The Morgan fingerprint density at radius 2 is 1.92 bits per heavy atom. The monoisotopic (exact) mass is 344 g/mol. The van der Waals surface area contributed by atoms with Gasteiger partial charge in [0.1, 0.15) is 0 Å². The molecule has 0 aliphatic carbocycles. The lowest BCUT2D eigenvalue weighted by atomic mass is 10.1. The van der Waals surface area contributed by atoms with Crippen molar-refractivity contribution in [3.63, 3.8) is 0 Å². The third kappa shape index (κ3) is 5.03. The van der Waals surface area contributed by atoms with Gasteiger partial charge in [-0.15, -0.1) is 0 Å². The van der Waals surface area contributed by atoms with Crippen molar-refractivity contribution in [2.24, 2.45) is 0 Å². The van der Waals surface area contributed by atoms with E-state index < -0.39 is 0 Å². The molecule has 2 heterocycles. The molecule has 7 nitrogen and oxygen atoms in total. The van der Waals surface area contributed by atoms with Crippen molar-refractivity contribution in [2.45, 2.75) is 26.3 Å². The van der Waals surface area contributed by atoms with E-state index in [1.807, 2.05) is 25.1 Å². The lowest BCUT2D eigenvalue weighted by molar-refractivity contribution is 0.0749. The molecule has 1 aliphatic rings. The number of aryl methyl sites for hydroxylation is 2. The summed E-state index contributed by atoms with van der Waals surface area (Å²) in [6, 6.07) is 10.3. The standard InChI is InChI=1S/C18H24N4O3/c1-2-24-18(23)22-12-10-21(11-13-22)14-17-19-16(20-25-17)9-8-15-6-4-3-5-7-15/h3-7H,2,8-14H2,1H3. The molecule has 1 aromatic carbocycles. The van der Waals surface area contributed by atoms with E-state index in [1.165, 1.54) is 5.56 Å². The van der Waals surface area contributed by atoms with Crippen molar-refractivity contribution < 1.29 is 14.1 Å². The number of rotatable bonds is 6. The van der Waals surface area contributed by atoms with Crippen LogP contribution in [0.2, 0.25) is 0 Å². The van der Waals surface area contributed by atoms with Crippen LogP contribution in [0.5, 0.6) is 0 Å². The highest BCUT2D eigenvalue weighted by atomic mass is 16.6. The van der Waals surface area contributed by atoms with E-state index in [0.29, 0.717) is 32.1 Å². The van der Waals surface area contributed by atoms with Crippen LogP contribution in [0, 0.1) is 0 Å². The Labute approximate surface area is 147 Å². The van der Waals surface area contributed by atoms with Gasteiger partial charge in [-0.1, -0.05) is 35.5 Å². The molecule has 0 radical (unpaired) electrons. The number of carbonyl (C=O) groups excluding carboxylic acids is 1. The lowest BCUT2D eigenvalue weighted by Crippen LogP contribution is -2.48. The third-order valence-electron chi connectivity index (χ3n) is 4.25. The zero-order valence-corrected chi connectivity index (χ0v) is 14.6. The molecule has 2 aromatic rings. The minimum atomic E-state index is -0.233. The van der Waals surface area contributed by atoms with E-state index in [-0.39, 0.29) is 6.09 Å². The van der Waals surface area contributed by atoms with Crippen molar-refractivity contribution in [1.29, 1.82) is 0 Å². The Morgan fingerprint density at radius 1 is 1.16 bits per heavy atom. The van der Waals surface area contributed by atoms with E-state index in [1.54, 1.807) is 4.90 Å². The molecule has 25 heavy (non-hydrogen) atoms. The molecule has 0 spiro atoms. The minimum absolute atomic E-state index is 0.233. The van der Waals surface area contributed by atoms with Gasteiger partial charge in [0.15, 0.2) is 5.82 Å². The molecule has 134 valence electrons. The van der Waals surface area contributed by atoms with E-state index in [2.05, 4.69) is 27.2 Å². The summed E-state index contributed by atoms with van der Waals surface area (Å²) in [5.74, 6) is 1.37. The van der Waals surface area contributed by atoms with Gasteiger partial charge >= 0.3 is 6.09 Å². The normalized spacial score (nSPS) is 15.3. The van der Waals surface area contributed by atoms with Gasteiger partial charge in [0.25, 0.3) is 0 Å². The predicted octanol–water partition coefficient (Wildman–Crippen LogP) is 2.13. The average Bonchev–Trinajstić information content (AvgIpc) is 3.09. The molecule has 3 rings (SSSR count). The fourth-order valence-corrected chi connectivity index (χ4v) is 2.85. The van der Waals surface area contributed by atoms with E-state index in [0.717, 1.165) is 31.8 Å². The number of carbonyl (C=O) groups is 1. The number of amides is 1. The Hall–Kier alpha value is -2.41. The quantitative estimate of drug-likeness (QED) is 0.799. The van der Waals surface area contributed by atoms with Crippen molar-refractivity contribution in [3.8, 4) is 0 Å². The summed E-state index contributed by atoms with van der Waals surface area (Å²) in [5.41, 5.74) is 1.27. The fourth-order valence-electron chi connectivity index (χ4n) is 2.85. The summed E-state index contributed by atoms with van der Waals surface area (Å²) < 4.78 is 10.4. The summed E-state index contributed by atoms with van der Waals surface area (Å²) in [5, 5.41) is 4.07. The second kappa shape index (κ2) is 8.62. The van der Waals surface area contributed by atoms with Gasteiger partial charge in [0, 0.05) is 32.6 Å². The smallest absolute Gasteiger partial charge is 0.409 e. The molecule has 7 heteroatoms. The van der Waals surface area contributed by atoms with E-state index >= 15 is 0 Å². The molecule has 1 fully saturated rings. The molecule has 1 amide bonds. The first-order valence-electron chi connectivity index (χ1n) is 8.74. The molecule has 0 bridgehead atoms. The second-order valence-electron chi connectivity index (χ2n) is 6.05. The summed E-state index contributed by atoms with van der Waals surface area (Å²) >= 11 is 0. The molecular weight excluding hydrogens is 320 g/mol. The maximum absolute atomic E-state index is 11.7. The van der Waals surface area contributed by atoms with Gasteiger partial charge in [-0.25, -0.2) is 4.79 Å². The van der Waals surface area contributed by atoms with Crippen LogP contribution in [0.1, 0.15) is 24.2 Å². The molecule has 0 unspecified atom stereocenters. The number of benzene rings is 1. The summed E-state index contributed by atoms with van der Waals surface area (Å²) in [4.78, 5) is 20.1. The highest BCUT2D eigenvalue weighted by molar-refractivity contribution is 5.67. The van der Waals surface area contributed by atoms with Crippen LogP contribution in [0.15, 0.2) is 34.9 Å². The Balaban J connectivity index is 1.44. The molecule has 0 saturated carbocycles. The number of hydrogen-bond acceptors (Lipinski definition) is 6. The first-order chi connectivity index (χ1) is 12.2. The van der Waals surface area contributed by atoms with Crippen LogP contribution in [0.25, 0.3) is 0 Å². The first kappa shape index (κ1) is 17.4. The van der Waals surface area contributed by atoms with Gasteiger partial charge < -0.3 is 14.2 Å². The molecule has 1 saturated heterocycles. The third-order valence-corrected chi connectivity index (χ3v) is 4.25. The number of hydrogen-bond donors (Lipinski definition) is 0. The maximum atomic E-state index is 11.7. The largest absolute Gasteiger partial charge is 0.450 e. The molecule has 1 aliphatic heterocycles. The van der Waals surface area contributed by atoms with Gasteiger partial charge in [-0.3, -0.25) is 4.90 Å². The van der Waals surface area contributed by atoms with Crippen LogP contribution in [0.4, 0.5) is 4.79 Å². The molecule has 0 atom stereocenters. The van der Waals surface area contributed by atoms with Crippen molar-refractivity contribution >= 4 is 6.09 Å². The van der Waals surface area contributed by atoms with E-state index in [4.69, 9.17) is 9.26 Å². The summed E-state index contributed by atoms with van der Waals surface area (Å²) in [6.07, 6.45) is 1.44. The lowest BCUT2D eigenvalue weighted by Gasteiger charge is -2.33. The summed E-state index contributed by atoms with van der Waals surface area (Å²) in [6.45, 7) is 5.73. The van der Waals surface area contributed by atoms with Gasteiger partial charge in [0.05, 0.1) is 13.2 Å². The number of piperazine rings is 1. The SMILES string of the molecule is CCOC(=O)N1CCN(Cc2nc(CCc3ccccc3)no2)CC1. The van der Waals surface area contributed by atoms with Crippen LogP contribution in [0.3, 0.4) is 0 Å². The van der Waals surface area contributed by atoms with Gasteiger partial charge in [-0.2, -0.15) is 4.98 Å². The van der Waals surface area contributed by atoms with Crippen LogP contribution in [-0.2, 0) is 24.1 Å². The molecular formula is C18H24N4O3. The van der Waals surface area contributed by atoms with Crippen molar-refractivity contribution in [2.75, 3.05) is 32.8 Å². The van der Waals surface area contributed by atoms with Gasteiger partial charge in [0.2, 0.25) is 5.89 Å². The second-order valence-corrected chi connectivity index (χ2v) is 6.05. The number of aromatic nitrogens is 2. The topological polar surface area (TPSA) is 71.7 Å². The molecule has 0 N–H and O–H groups in total. The summed E-state index contributed by atoms with van der Waals surface area (Å²) in [7, 11) is 0. The Kier molecular flexibility index (Phi) is 6.00. The maximum Gasteiger partial charge on any atom is 0.409 e. The zero-order valence-electron chi connectivity index (χ0n) is 14.6. The molecule has 1 aromatic heterocycles. The Morgan fingerprint density at radius 3 is 2.64 bits per heavy atom. The van der Waals surface area contributed by atoms with Crippen molar-refractivity contribution in [1.82, 2.24) is 19.9 Å². The van der Waals surface area contributed by atoms with Gasteiger partial charge in [-0.05, 0) is 18.9 Å². The highest BCUT2D eigenvalue weighted by Crippen LogP contribution is 2.10. The van der Waals surface area contributed by atoms with Crippen LogP contribution < -0.4 is 0 Å². The van der Waals surface area contributed by atoms with Crippen molar-refractivity contribution in [3.05, 3.63) is 47.6 Å². The minimum Gasteiger partial charge on any atom is -0.450 e. The average molecular weight is 344 g/mol.